The fraction of sp³-hybridized carbons (Fsp3) is 0.0588. The Bertz CT molecular complexity index is 878. The lowest BCUT2D eigenvalue weighted by molar-refractivity contribution is 0.108. The van der Waals surface area contributed by atoms with Gasteiger partial charge in [-0.2, -0.15) is 0 Å². The summed E-state index contributed by atoms with van der Waals surface area (Å²) in [5.41, 5.74) is 2.26. The molecule has 0 unspecified atom stereocenters. The molecule has 5 heteroatoms. The van der Waals surface area contributed by atoms with Gasteiger partial charge in [0.1, 0.15) is 5.75 Å². The monoisotopic (exact) mass is 331 g/mol. The maximum absolute atomic E-state index is 11.8. The first-order valence-corrected chi connectivity index (χ1v) is 7.30. The van der Waals surface area contributed by atoms with E-state index in [1.165, 1.54) is 0 Å². The van der Waals surface area contributed by atoms with Crippen LogP contribution in [0.2, 0.25) is 5.02 Å². The Morgan fingerprint density at radius 3 is 2.64 bits per heavy atom. The summed E-state index contributed by atoms with van der Waals surface area (Å²) >= 11 is 11.9. The highest BCUT2D eigenvalue weighted by Crippen LogP contribution is 2.33. The first-order chi connectivity index (χ1) is 10.6. The molecule has 1 aromatic heterocycles. The molecule has 0 radical (unpaired) electrons. The molecule has 2 aromatic carbocycles. The van der Waals surface area contributed by atoms with Gasteiger partial charge in [-0.15, -0.1) is 0 Å². The number of methoxy groups -OCH3 is 1. The predicted octanol–water partition coefficient (Wildman–Crippen LogP) is 4.94. The number of pyridine rings is 1. The molecule has 3 aromatic rings. The van der Waals surface area contributed by atoms with Gasteiger partial charge in [0.05, 0.1) is 23.3 Å². The second-order valence-electron chi connectivity index (χ2n) is 4.67. The lowest BCUT2D eigenvalue weighted by Crippen LogP contribution is -1.97. The summed E-state index contributed by atoms with van der Waals surface area (Å²) in [6.07, 6.45) is 0. The van der Waals surface area contributed by atoms with Gasteiger partial charge in [0.25, 0.3) is 5.24 Å². The van der Waals surface area contributed by atoms with E-state index in [9.17, 15) is 4.79 Å². The minimum absolute atomic E-state index is 0.370. The standard InChI is InChI=1S/C17H11Cl2NO2/c1-22-15-8-3-2-5-11(15)14-9-12(17(19)21)10-6-4-7-13(18)16(10)20-14/h2-9H,1H3. The first-order valence-electron chi connectivity index (χ1n) is 6.54. The summed E-state index contributed by atoms with van der Waals surface area (Å²) < 4.78 is 5.35. The Hall–Kier alpha value is -2.10. The van der Waals surface area contributed by atoms with Gasteiger partial charge in [-0.1, -0.05) is 35.9 Å². The quantitative estimate of drug-likeness (QED) is 0.638. The van der Waals surface area contributed by atoms with Crippen molar-refractivity contribution in [1.82, 2.24) is 4.98 Å². The lowest BCUT2D eigenvalue weighted by Gasteiger charge is -2.11. The van der Waals surface area contributed by atoms with E-state index in [1.807, 2.05) is 24.3 Å². The van der Waals surface area contributed by atoms with Gasteiger partial charge in [-0.25, -0.2) is 4.98 Å². The zero-order chi connectivity index (χ0) is 15.7. The number of fused-ring (bicyclic) bond motifs is 1. The third-order valence-electron chi connectivity index (χ3n) is 3.38. The van der Waals surface area contributed by atoms with E-state index >= 15 is 0 Å². The highest BCUT2D eigenvalue weighted by atomic mass is 35.5. The second-order valence-corrected chi connectivity index (χ2v) is 5.42. The Kier molecular flexibility index (Phi) is 4.01. The van der Waals surface area contributed by atoms with Crippen LogP contribution in [0.5, 0.6) is 5.75 Å². The highest BCUT2D eigenvalue weighted by Gasteiger charge is 2.15. The molecule has 0 aliphatic carbocycles. The van der Waals surface area contributed by atoms with Crippen LogP contribution < -0.4 is 4.74 Å². The fourth-order valence-electron chi connectivity index (χ4n) is 2.37. The molecule has 3 rings (SSSR count). The van der Waals surface area contributed by atoms with E-state index in [1.54, 1.807) is 31.4 Å². The molecular weight excluding hydrogens is 321 g/mol. The van der Waals surface area contributed by atoms with Crippen molar-refractivity contribution in [3.8, 4) is 17.0 Å². The van der Waals surface area contributed by atoms with Crippen LogP contribution in [-0.2, 0) is 0 Å². The predicted molar refractivity (Wildman–Crippen MR) is 88.9 cm³/mol. The molecule has 0 aliphatic rings. The number of ether oxygens (including phenoxy) is 1. The van der Waals surface area contributed by atoms with Gasteiger partial charge in [0.15, 0.2) is 0 Å². The molecule has 0 bridgehead atoms. The number of nitrogens with zero attached hydrogens (tertiary/aromatic N) is 1. The van der Waals surface area contributed by atoms with Crippen molar-refractivity contribution in [3.63, 3.8) is 0 Å². The Labute approximate surface area is 137 Å². The number of aromatic nitrogens is 1. The number of rotatable bonds is 3. The van der Waals surface area contributed by atoms with Crippen LogP contribution in [0.25, 0.3) is 22.2 Å². The molecule has 0 spiro atoms. The third kappa shape index (κ3) is 2.54. The summed E-state index contributed by atoms with van der Waals surface area (Å²) in [6, 6.07) is 14.4. The van der Waals surface area contributed by atoms with E-state index in [0.29, 0.717) is 32.9 Å². The number of para-hydroxylation sites is 2. The van der Waals surface area contributed by atoms with Crippen molar-refractivity contribution < 1.29 is 9.53 Å². The van der Waals surface area contributed by atoms with Crippen molar-refractivity contribution in [2.24, 2.45) is 0 Å². The van der Waals surface area contributed by atoms with Crippen molar-refractivity contribution in [2.75, 3.05) is 7.11 Å². The molecule has 0 N–H and O–H groups in total. The smallest absolute Gasteiger partial charge is 0.253 e. The summed E-state index contributed by atoms with van der Waals surface area (Å²) in [5, 5.41) is 0.547. The van der Waals surface area contributed by atoms with Crippen LogP contribution in [0, 0.1) is 0 Å². The Morgan fingerprint density at radius 2 is 1.91 bits per heavy atom. The molecule has 110 valence electrons. The molecule has 0 atom stereocenters. The van der Waals surface area contributed by atoms with Crippen LogP contribution >= 0.6 is 23.2 Å². The average molecular weight is 332 g/mol. The minimum Gasteiger partial charge on any atom is -0.496 e. The van der Waals surface area contributed by atoms with Crippen LogP contribution in [-0.4, -0.2) is 17.3 Å². The van der Waals surface area contributed by atoms with Gasteiger partial charge >= 0.3 is 0 Å². The topological polar surface area (TPSA) is 39.2 Å². The normalized spacial score (nSPS) is 10.7. The van der Waals surface area contributed by atoms with Crippen LogP contribution in [0.1, 0.15) is 10.4 Å². The number of halogens is 2. The number of hydrogen-bond acceptors (Lipinski definition) is 3. The summed E-state index contributed by atoms with van der Waals surface area (Å²) in [5.74, 6) is 0.661. The lowest BCUT2D eigenvalue weighted by atomic mass is 10.0. The van der Waals surface area contributed by atoms with Gasteiger partial charge in [-0.3, -0.25) is 4.79 Å². The van der Waals surface area contributed by atoms with E-state index < -0.39 is 5.24 Å². The molecule has 0 saturated heterocycles. The summed E-state index contributed by atoms with van der Waals surface area (Å²) in [7, 11) is 1.58. The molecule has 0 aliphatic heterocycles. The van der Waals surface area contributed by atoms with Crippen molar-refractivity contribution in [2.45, 2.75) is 0 Å². The van der Waals surface area contributed by atoms with Crippen LogP contribution in [0.3, 0.4) is 0 Å². The molecule has 0 saturated carbocycles. The summed E-state index contributed by atoms with van der Waals surface area (Å²) in [4.78, 5) is 16.3. The van der Waals surface area contributed by atoms with Crippen molar-refractivity contribution >= 4 is 39.3 Å². The van der Waals surface area contributed by atoms with Crippen LogP contribution in [0.4, 0.5) is 0 Å². The molecule has 22 heavy (non-hydrogen) atoms. The van der Waals surface area contributed by atoms with E-state index in [-0.39, 0.29) is 0 Å². The first kappa shape index (κ1) is 14.8. The van der Waals surface area contributed by atoms with Crippen LogP contribution in [0.15, 0.2) is 48.5 Å². The fourth-order valence-corrected chi connectivity index (χ4v) is 2.74. The van der Waals surface area contributed by atoms with E-state index in [2.05, 4.69) is 4.98 Å². The zero-order valence-electron chi connectivity index (χ0n) is 11.6. The average Bonchev–Trinajstić information content (AvgIpc) is 2.54. The molecule has 0 fully saturated rings. The maximum atomic E-state index is 11.8. The molecule has 0 amide bonds. The molecule has 1 heterocycles. The number of benzene rings is 2. The summed E-state index contributed by atoms with van der Waals surface area (Å²) in [6.45, 7) is 0. The minimum atomic E-state index is -0.550. The Morgan fingerprint density at radius 1 is 1.14 bits per heavy atom. The maximum Gasteiger partial charge on any atom is 0.253 e. The SMILES string of the molecule is COc1ccccc1-c1cc(C(=O)Cl)c2cccc(Cl)c2n1. The van der Waals surface area contributed by atoms with E-state index in [4.69, 9.17) is 27.9 Å². The van der Waals surface area contributed by atoms with Gasteiger partial charge in [-0.05, 0) is 35.9 Å². The number of carbonyl (C=O) groups excluding carboxylic acids is 1. The van der Waals surface area contributed by atoms with E-state index in [0.717, 1.165) is 5.56 Å². The molecule has 3 nitrogen and oxygen atoms in total. The number of hydrogen-bond donors (Lipinski definition) is 0. The second kappa shape index (κ2) is 5.95. The Balaban J connectivity index is 2.36. The zero-order valence-corrected chi connectivity index (χ0v) is 13.2. The molecular formula is C17H11Cl2NO2. The van der Waals surface area contributed by atoms with Crippen molar-refractivity contribution in [3.05, 3.63) is 59.1 Å². The number of carbonyl (C=O) groups is 1. The van der Waals surface area contributed by atoms with Gasteiger partial charge in [0, 0.05) is 16.5 Å². The third-order valence-corrected chi connectivity index (χ3v) is 3.89. The highest BCUT2D eigenvalue weighted by molar-refractivity contribution is 6.68. The largest absolute Gasteiger partial charge is 0.496 e. The van der Waals surface area contributed by atoms with Gasteiger partial charge in [0.2, 0.25) is 0 Å². The van der Waals surface area contributed by atoms with Crippen molar-refractivity contribution in [1.29, 1.82) is 0 Å². The van der Waals surface area contributed by atoms with Gasteiger partial charge < -0.3 is 4.74 Å².